The Balaban J connectivity index is 2.05. The molecule has 0 aliphatic heterocycles. The van der Waals surface area contributed by atoms with Crippen molar-refractivity contribution in [3.05, 3.63) is 45.7 Å². The normalized spacial score (nSPS) is 10.3. The Bertz CT molecular complexity index is 906. The van der Waals surface area contributed by atoms with Crippen molar-refractivity contribution in [1.29, 1.82) is 0 Å². The van der Waals surface area contributed by atoms with Crippen LogP contribution in [0.2, 0.25) is 5.02 Å². The van der Waals surface area contributed by atoms with Gasteiger partial charge < -0.3 is 24.5 Å². The summed E-state index contributed by atoms with van der Waals surface area (Å²) in [6.45, 7) is 4.61. The van der Waals surface area contributed by atoms with Gasteiger partial charge in [0, 0.05) is 10.7 Å². The second-order valence-electron chi connectivity index (χ2n) is 5.81. The average Bonchev–Trinajstić information content (AvgIpc) is 2.94. The highest BCUT2D eigenvalue weighted by Gasteiger charge is 2.24. The number of aromatic amines is 1. The van der Waals surface area contributed by atoms with E-state index < -0.39 is 24.5 Å². The van der Waals surface area contributed by atoms with Crippen molar-refractivity contribution >= 4 is 35.1 Å². The van der Waals surface area contributed by atoms with Gasteiger partial charge in [0.25, 0.3) is 5.91 Å². The lowest BCUT2D eigenvalue weighted by atomic mass is 10.1. The molecule has 9 heteroatoms. The van der Waals surface area contributed by atoms with Gasteiger partial charge in [-0.25, -0.2) is 9.59 Å². The number of carbonyl (C=O) groups excluding carboxylic acids is 3. The fraction of sp³-hybridized carbons (Fsp3) is 0.316. The number of nitrogens with one attached hydrogen (secondary N) is 2. The first kappa shape index (κ1) is 21.3. The number of hydrogen-bond acceptors (Lipinski definition) is 6. The summed E-state index contributed by atoms with van der Waals surface area (Å²) in [5.41, 5.74) is 1.57. The molecule has 0 radical (unpaired) electrons. The van der Waals surface area contributed by atoms with Crippen molar-refractivity contribution in [1.82, 2.24) is 4.98 Å². The lowest BCUT2D eigenvalue weighted by Crippen LogP contribution is -2.21. The monoisotopic (exact) mass is 408 g/mol. The first-order valence-electron chi connectivity index (χ1n) is 8.45. The molecule has 1 amide bonds. The maximum Gasteiger partial charge on any atom is 0.355 e. The van der Waals surface area contributed by atoms with Gasteiger partial charge in [0.05, 0.1) is 25.0 Å². The zero-order valence-corrected chi connectivity index (χ0v) is 16.7. The molecule has 1 aromatic carbocycles. The predicted octanol–water partition coefficient (Wildman–Crippen LogP) is 3.27. The van der Waals surface area contributed by atoms with Crippen molar-refractivity contribution in [3.8, 4) is 5.75 Å². The molecule has 2 rings (SSSR count). The van der Waals surface area contributed by atoms with E-state index in [1.807, 2.05) is 0 Å². The van der Waals surface area contributed by atoms with E-state index in [0.29, 0.717) is 27.7 Å². The van der Waals surface area contributed by atoms with Crippen LogP contribution in [0.5, 0.6) is 5.75 Å². The molecule has 28 heavy (non-hydrogen) atoms. The minimum absolute atomic E-state index is 0.180. The molecule has 150 valence electrons. The van der Waals surface area contributed by atoms with Crippen LogP contribution in [0.3, 0.4) is 0 Å². The number of amides is 1. The van der Waals surface area contributed by atoms with Gasteiger partial charge in [-0.05, 0) is 44.5 Å². The number of benzene rings is 1. The Hall–Kier alpha value is -3.00. The highest BCUT2D eigenvalue weighted by Crippen LogP contribution is 2.27. The van der Waals surface area contributed by atoms with E-state index in [1.54, 1.807) is 32.9 Å². The van der Waals surface area contributed by atoms with Crippen LogP contribution in [0, 0.1) is 13.8 Å². The van der Waals surface area contributed by atoms with Crippen molar-refractivity contribution in [2.45, 2.75) is 20.8 Å². The van der Waals surface area contributed by atoms with E-state index in [1.165, 1.54) is 13.2 Å². The number of hydrogen-bond donors (Lipinski definition) is 2. The summed E-state index contributed by atoms with van der Waals surface area (Å²) in [6.07, 6.45) is 0. The molecule has 8 nitrogen and oxygen atoms in total. The molecule has 1 heterocycles. The molecule has 2 N–H and O–H groups in total. The number of ether oxygens (including phenoxy) is 3. The molecule has 0 aliphatic rings. The van der Waals surface area contributed by atoms with Crippen LogP contribution in [-0.4, -0.2) is 43.2 Å². The fourth-order valence-corrected chi connectivity index (χ4v) is 2.80. The summed E-state index contributed by atoms with van der Waals surface area (Å²) in [5.74, 6) is -1.44. The molecule has 1 aromatic heterocycles. The third kappa shape index (κ3) is 4.83. The molecule has 2 aromatic rings. The molecule has 0 saturated carbocycles. The third-order valence-corrected chi connectivity index (χ3v) is 4.13. The standard InChI is InChI=1S/C19H21ClN2O6/c1-5-27-19(25)17-10(2)16(11(3)21-17)18(24)28-9-15(23)22-13-8-12(20)6-7-14(13)26-4/h6-8,21H,5,9H2,1-4H3,(H,22,23). The maximum atomic E-state index is 12.4. The third-order valence-electron chi connectivity index (χ3n) is 3.89. The van der Waals surface area contributed by atoms with E-state index in [4.69, 9.17) is 25.8 Å². The number of H-pyrrole nitrogens is 1. The minimum atomic E-state index is -0.727. The Labute approximate surface area is 167 Å². The van der Waals surface area contributed by atoms with Gasteiger partial charge in [0.1, 0.15) is 11.4 Å². The first-order valence-corrected chi connectivity index (χ1v) is 8.83. The van der Waals surface area contributed by atoms with Gasteiger partial charge in [-0.15, -0.1) is 0 Å². The number of halogens is 1. The molecule has 0 saturated heterocycles. The Morgan fingerprint density at radius 3 is 2.50 bits per heavy atom. The van der Waals surface area contributed by atoms with Crippen molar-refractivity contribution in [3.63, 3.8) is 0 Å². The summed E-state index contributed by atoms with van der Waals surface area (Å²) < 4.78 is 15.2. The molecule has 0 aliphatic carbocycles. The quantitative estimate of drug-likeness (QED) is 0.681. The Morgan fingerprint density at radius 2 is 1.86 bits per heavy atom. The van der Waals surface area contributed by atoms with E-state index >= 15 is 0 Å². The number of aryl methyl sites for hydroxylation is 1. The average molecular weight is 409 g/mol. The van der Waals surface area contributed by atoms with Crippen molar-refractivity contribution in [2.24, 2.45) is 0 Å². The second-order valence-corrected chi connectivity index (χ2v) is 6.25. The van der Waals surface area contributed by atoms with E-state index in [2.05, 4.69) is 10.3 Å². The summed E-state index contributed by atoms with van der Waals surface area (Å²) in [4.78, 5) is 39.3. The lowest BCUT2D eigenvalue weighted by Gasteiger charge is -2.11. The summed E-state index contributed by atoms with van der Waals surface area (Å²) in [5, 5.41) is 2.99. The van der Waals surface area contributed by atoms with Crippen LogP contribution in [0.4, 0.5) is 5.69 Å². The van der Waals surface area contributed by atoms with Gasteiger partial charge in [-0.1, -0.05) is 11.6 Å². The van der Waals surface area contributed by atoms with Crippen molar-refractivity contribution in [2.75, 3.05) is 25.6 Å². The SMILES string of the molecule is CCOC(=O)c1[nH]c(C)c(C(=O)OCC(=O)Nc2cc(Cl)ccc2OC)c1C. The zero-order valence-electron chi connectivity index (χ0n) is 16.0. The van der Waals surface area contributed by atoms with Gasteiger partial charge in [0.15, 0.2) is 6.61 Å². The predicted molar refractivity (Wildman–Crippen MR) is 103 cm³/mol. The van der Waals surface area contributed by atoms with E-state index in [-0.39, 0.29) is 17.9 Å². The lowest BCUT2D eigenvalue weighted by molar-refractivity contribution is -0.119. The number of carbonyl (C=O) groups is 3. The highest BCUT2D eigenvalue weighted by molar-refractivity contribution is 6.31. The smallest absolute Gasteiger partial charge is 0.355 e. The minimum Gasteiger partial charge on any atom is -0.495 e. The van der Waals surface area contributed by atoms with Gasteiger partial charge in [-0.3, -0.25) is 4.79 Å². The number of anilines is 1. The molecule has 0 bridgehead atoms. The maximum absolute atomic E-state index is 12.4. The van der Waals surface area contributed by atoms with Crippen LogP contribution in [-0.2, 0) is 14.3 Å². The summed E-state index contributed by atoms with van der Waals surface area (Å²) in [6, 6.07) is 4.74. The second kappa shape index (κ2) is 9.27. The molecular formula is C19H21ClN2O6. The zero-order chi connectivity index (χ0) is 20.8. The largest absolute Gasteiger partial charge is 0.495 e. The van der Waals surface area contributed by atoms with Crippen LogP contribution < -0.4 is 10.1 Å². The number of methoxy groups -OCH3 is 1. The van der Waals surface area contributed by atoms with Crippen LogP contribution in [0.25, 0.3) is 0 Å². The van der Waals surface area contributed by atoms with Gasteiger partial charge in [-0.2, -0.15) is 0 Å². The molecule has 0 spiro atoms. The Kier molecular flexibility index (Phi) is 7.06. The first-order chi connectivity index (χ1) is 13.3. The Morgan fingerprint density at radius 1 is 1.14 bits per heavy atom. The van der Waals surface area contributed by atoms with Crippen LogP contribution >= 0.6 is 11.6 Å². The summed E-state index contributed by atoms with van der Waals surface area (Å²) in [7, 11) is 1.46. The highest BCUT2D eigenvalue weighted by atomic mass is 35.5. The van der Waals surface area contributed by atoms with Gasteiger partial charge >= 0.3 is 11.9 Å². The number of aromatic nitrogens is 1. The topological polar surface area (TPSA) is 107 Å². The van der Waals surface area contributed by atoms with Gasteiger partial charge in [0.2, 0.25) is 0 Å². The number of rotatable bonds is 7. The van der Waals surface area contributed by atoms with Crippen molar-refractivity contribution < 1.29 is 28.6 Å². The van der Waals surface area contributed by atoms with E-state index in [9.17, 15) is 14.4 Å². The molecule has 0 unspecified atom stereocenters. The van der Waals surface area contributed by atoms with Crippen LogP contribution in [0.1, 0.15) is 39.0 Å². The fourth-order valence-electron chi connectivity index (χ4n) is 2.63. The van der Waals surface area contributed by atoms with E-state index in [0.717, 1.165) is 0 Å². The van der Waals surface area contributed by atoms with Crippen LogP contribution in [0.15, 0.2) is 18.2 Å². The molecule has 0 atom stereocenters. The molecular weight excluding hydrogens is 388 g/mol. The summed E-state index contributed by atoms with van der Waals surface area (Å²) >= 11 is 5.92. The number of esters is 2. The molecule has 0 fully saturated rings.